The summed E-state index contributed by atoms with van der Waals surface area (Å²) in [7, 11) is 0. The van der Waals surface area contributed by atoms with Crippen molar-refractivity contribution < 1.29 is 4.84 Å². The highest BCUT2D eigenvalue weighted by Crippen LogP contribution is 2.24. The van der Waals surface area contributed by atoms with Crippen LogP contribution < -0.4 is 5.48 Å². The summed E-state index contributed by atoms with van der Waals surface area (Å²) in [6, 6.07) is 6.18. The van der Waals surface area contributed by atoms with E-state index in [-0.39, 0.29) is 0 Å². The third-order valence-corrected chi connectivity index (χ3v) is 2.22. The van der Waals surface area contributed by atoms with Gasteiger partial charge >= 0.3 is 0 Å². The predicted octanol–water partition coefficient (Wildman–Crippen LogP) is 2.35. The van der Waals surface area contributed by atoms with Crippen molar-refractivity contribution in [1.29, 1.82) is 0 Å². The maximum atomic E-state index is 5.08. The van der Waals surface area contributed by atoms with E-state index < -0.39 is 0 Å². The predicted molar refractivity (Wildman–Crippen MR) is 47.4 cm³/mol. The van der Waals surface area contributed by atoms with Gasteiger partial charge in [-0.3, -0.25) is 10.3 Å². The van der Waals surface area contributed by atoms with Crippen molar-refractivity contribution in [1.82, 2.24) is 0 Å². The van der Waals surface area contributed by atoms with Crippen LogP contribution in [0.15, 0.2) is 22.7 Å². The van der Waals surface area contributed by atoms with Gasteiger partial charge in [0.05, 0.1) is 12.3 Å². The van der Waals surface area contributed by atoms with Crippen molar-refractivity contribution in [2.45, 2.75) is 6.42 Å². The fourth-order valence-electron chi connectivity index (χ4n) is 1.15. The van der Waals surface area contributed by atoms with E-state index in [1.165, 1.54) is 5.56 Å². The SMILES string of the molecule is Brc1ccc2c(c1)NOCC2. The summed E-state index contributed by atoms with van der Waals surface area (Å²) in [4.78, 5) is 5.08. The number of hydrogen-bond acceptors (Lipinski definition) is 2. The van der Waals surface area contributed by atoms with Crippen molar-refractivity contribution in [3.05, 3.63) is 28.2 Å². The Labute approximate surface area is 73.6 Å². The van der Waals surface area contributed by atoms with Gasteiger partial charge in [0, 0.05) is 10.9 Å². The highest BCUT2D eigenvalue weighted by atomic mass is 79.9. The molecule has 0 atom stereocenters. The van der Waals surface area contributed by atoms with Gasteiger partial charge in [-0.2, -0.15) is 0 Å². The summed E-state index contributed by atoms with van der Waals surface area (Å²) in [5.74, 6) is 0. The molecule has 2 rings (SSSR count). The second kappa shape index (κ2) is 2.83. The van der Waals surface area contributed by atoms with Gasteiger partial charge in [0.15, 0.2) is 0 Å². The lowest BCUT2D eigenvalue weighted by atomic mass is 10.1. The van der Waals surface area contributed by atoms with Crippen LogP contribution in [0, 0.1) is 0 Å². The van der Waals surface area contributed by atoms with E-state index in [9.17, 15) is 0 Å². The molecule has 3 heteroatoms. The van der Waals surface area contributed by atoms with Crippen molar-refractivity contribution >= 4 is 21.6 Å². The smallest absolute Gasteiger partial charge is 0.0787 e. The van der Waals surface area contributed by atoms with Crippen molar-refractivity contribution in [2.75, 3.05) is 12.1 Å². The molecule has 0 spiro atoms. The number of hydrogen-bond donors (Lipinski definition) is 1. The van der Waals surface area contributed by atoms with Crippen LogP contribution in [0.5, 0.6) is 0 Å². The second-order valence-corrected chi connectivity index (χ2v) is 3.42. The molecule has 0 aromatic heterocycles. The minimum Gasteiger partial charge on any atom is -0.276 e. The van der Waals surface area contributed by atoms with E-state index in [0.717, 1.165) is 23.2 Å². The molecule has 2 nitrogen and oxygen atoms in total. The van der Waals surface area contributed by atoms with Gasteiger partial charge < -0.3 is 0 Å². The number of nitrogens with one attached hydrogen (secondary N) is 1. The molecule has 0 radical (unpaired) electrons. The quantitative estimate of drug-likeness (QED) is 0.715. The number of benzene rings is 1. The lowest BCUT2D eigenvalue weighted by Gasteiger charge is -2.17. The van der Waals surface area contributed by atoms with E-state index >= 15 is 0 Å². The normalized spacial score (nSPS) is 15.4. The molecule has 0 saturated heterocycles. The minimum atomic E-state index is 0.759. The fraction of sp³-hybridized carbons (Fsp3) is 0.250. The standard InChI is InChI=1S/C8H8BrNO/c9-7-2-1-6-3-4-11-10-8(6)5-7/h1-2,5,10H,3-4H2. The Balaban J connectivity index is 2.43. The number of anilines is 1. The maximum Gasteiger partial charge on any atom is 0.0787 e. The fourth-order valence-corrected chi connectivity index (χ4v) is 1.51. The van der Waals surface area contributed by atoms with Crippen LogP contribution in [-0.2, 0) is 11.3 Å². The van der Waals surface area contributed by atoms with Crippen LogP contribution in [-0.4, -0.2) is 6.61 Å². The topological polar surface area (TPSA) is 21.3 Å². The molecule has 0 amide bonds. The van der Waals surface area contributed by atoms with Crippen LogP contribution in [0.1, 0.15) is 5.56 Å². The Kier molecular flexibility index (Phi) is 1.84. The van der Waals surface area contributed by atoms with Crippen molar-refractivity contribution in [3.8, 4) is 0 Å². The van der Waals surface area contributed by atoms with Gasteiger partial charge in [-0.25, -0.2) is 0 Å². The lowest BCUT2D eigenvalue weighted by molar-refractivity contribution is 0.187. The van der Waals surface area contributed by atoms with Crippen LogP contribution in [0.3, 0.4) is 0 Å². The molecule has 1 aromatic rings. The van der Waals surface area contributed by atoms with E-state index in [1.54, 1.807) is 0 Å². The maximum absolute atomic E-state index is 5.08. The first kappa shape index (κ1) is 7.13. The van der Waals surface area contributed by atoms with Gasteiger partial charge in [0.25, 0.3) is 0 Å². The molecule has 1 aromatic carbocycles. The Hall–Kier alpha value is -0.540. The third kappa shape index (κ3) is 1.39. The summed E-state index contributed by atoms with van der Waals surface area (Å²) >= 11 is 3.39. The van der Waals surface area contributed by atoms with Crippen LogP contribution >= 0.6 is 15.9 Å². The monoisotopic (exact) mass is 213 g/mol. The van der Waals surface area contributed by atoms with Gasteiger partial charge in [-0.15, -0.1) is 0 Å². The molecule has 58 valence electrons. The molecule has 1 aliphatic heterocycles. The Morgan fingerprint density at radius 1 is 1.45 bits per heavy atom. The van der Waals surface area contributed by atoms with E-state index in [4.69, 9.17) is 4.84 Å². The molecule has 1 N–H and O–H groups in total. The first-order valence-corrected chi connectivity index (χ1v) is 4.32. The van der Waals surface area contributed by atoms with Crippen LogP contribution in [0.25, 0.3) is 0 Å². The molecule has 0 fully saturated rings. The van der Waals surface area contributed by atoms with Crippen molar-refractivity contribution in [2.24, 2.45) is 0 Å². The van der Waals surface area contributed by atoms with Gasteiger partial charge in [0.2, 0.25) is 0 Å². The molecule has 0 unspecified atom stereocenters. The van der Waals surface area contributed by atoms with E-state index in [1.807, 2.05) is 12.1 Å². The molecule has 0 aliphatic carbocycles. The molecule has 0 saturated carbocycles. The van der Waals surface area contributed by atoms with Crippen LogP contribution in [0.4, 0.5) is 5.69 Å². The summed E-state index contributed by atoms with van der Waals surface area (Å²) < 4.78 is 1.08. The largest absolute Gasteiger partial charge is 0.276 e. The summed E-state index contributed by atoms with van der Waals surface area (Å²) in [5.41, 5.74) is 5.27. The van der Waals surface area contributed by atoms with Crippen LogP contribution in [0.2, 0.25) is 0 Å². The highest BCUT2D eigenvalue weighted by molar-refractivity contribution is 9.10. The second-order valence-electron chi connectivity index (χ2n) is 2.50. The Morgan fingerprint density at radius 3 is 3.27 bits per heavy atom. The first-order valence-electron chi connectivity index (χ1n) is 3.52. The zero-order valence-corrected chi connectivity index (χ0v) is 7.52. The third-order valence-electron chi connectivity index (χ3n) is 1.73. The number of fused-ring (bicyclic) bond motifs is 1. The molecule has 11 heavy (non-hydrogen) atoms. The summed E-state index contributed by atoms with van der Waals surface area (Å²) in [6.45, 7) is 0.759. The average molecular weight is 214 g/mol. The molecular formula is C8H8BrNO. The summed E-state index contributed by atoms with van der Waals surface area (Å²) in [5, 5.41) is 0. The molecule has 1 heterocycles. The zero-order valence-electron chi connectivity index (χ0n) is 5.93. The van der Waals surface area contributed by atoms with E-state index in [2.05, 4.69) is 27.5 Å². The average Bonchev–Trinajstić information content (AvgIpc) is 2.04. The molecular weight excluding hydrogens is 206 g/mol. The lowest BCUT2D eigenvalue weighted by Crippen LogP contribution is -2.13. The van der Waals surface area contributed by atoms with E-state index in [0.29, 0.717) is 0 Å². The molecule has 1 aliphatic rings. The minimum absolute atomic E-state index is 0.759. The zero-order chi connectivity index (χ0) is 7.68. The number of halogens is 1. The van der Waals surface area contributed by atoms with Crippen molar-refractivity contribution in [3.63, 3.8) is 0 Å². The molecule has 0 bridgehead atoms. The van der Waals surface area contributed by atoms with Gasteiger partial charge in [0.1, 0.15) is 0 Å². The highest BCUT2D eigenvalue weighted by Gasteiger charge is 2.07. The summed E-state index contributed by atoms with van der Waals surface area (Å²) in [6.07, 6.45) is 0.996. The first-order chi connectivity index (χ1) is 5.36. The Morgan fingerprint density at radius 2 is 2.36 bits per heavy atom. The Bertz CT molecular complexity index is 275. The van der Waals surface area contributed by atoms with Gasteiger partial charge in [-0.1, -0.05) is 22.0 Å². The van der Waals surface area contributed by atoms with Gasteiger partial charge in [-0.05, 0) is 17.7 Å². The number of rotatable bonds is 0.